The number of nitrogens with one attached hydrogen (secondary N) is 1. The Balaban J connectivity index is 1.50. The summed E-state index contributed by atoms with van der Waals surface area (Å²) in [5.74, 6) is 1.52. The first-order valence-electron chi connectivity index (χ1n) is 9.46. The number of Topliss-reactive ketones (excluding diaryl/α,β-unsaturated/α-hetero) is 1. The molecule has 146 valence electrons. The Morgan fingerprint density at radius 3 is 2.83 bits per heavy atom. The highest BCUT2D eigenvalue weighted by atomic mass is 35.5. The zero-order chi connectivity index (χ0) is 19.8. The zero-order valence-corrected chi connectivity index (χ0v) is 17.1. The first kappa shape index (κ1) is 18.4. The van der Waals surface area contributed by atoms with E-state index in [1.54, 1.807) is 12.4 Å². The summed E-state index contributed by atoms with van der Waals surface area (Å²) in [6.45, 7) is 0. The van der Waals surface area contributed by atoms with E-state index < -0.39 is 0 Å². The summed E-state index contributed by atoms with van der Waals surface area (Å²) in [5.41, 5.74) is 3.78. The van der Waals surface area contributed by atoms with Crippen molar-refractivity contribution in [3.8, 4) is 0 Å². The molecule has 3 heterocycles. The number of rotatable bonds is 4. The van der Waals surface area contributed by atoms with Crippen molar-refractivity contribution in [2.75, 3.05) is 5.32 Å². The summed E-state index contributed by atoms with van der Waals surface area (Å²) in [6, 6.07) is 11.4. The highest BCUT2D eigenvalue weighted by molar-refractivity contribution is 7.98. The fourth-order valence-corrected chi connectivity index (χ4v) is 4.92. The van der Waals surface area contributed by atoms with Gasteiger partial charge in [-0.25, -0.2) is 4.68 Å². The lowest BCUT2D eigenvalue weighted by Crippen LogP contribution is -2.31. The standard InChI is InChI=1S/C21H18ClN5OS/c22-15-5-2-1-4-14(15)12-29-21-25-20-24-16-6-3-7-17(28)18(16)19(27(20)26-21)13-8-10-23-11-9-13/h1-2,4-5,8-11,19H,3,6-7,12H2,(H,24,25,26)/t19-/m1/s1. The molecule has 0 unspecified atom stereocenters. The zero-order valence-electron chi connectivity index (χ0n) is 15.5. The molecule has 0 radical (unpaired) electrons. The van der Waals surface area contributed by atoms with Gasteiger partial charge in [-0.3, -0.25) is 9.78 Å². The van der Waals surface area contributed by atoms with Crippen LogP contribution in [0.1, 0.15) is 36.4 Å². The number of halogens is 1. The van der Waals surface area contributed by atoms with Gasteiger partial charge in [0.15, 0.2) is 5.78 Å². The highest BCUT2D eigenvalue weighted by Crippen LogP contribution is 2.40. The molecule has 0 spiro atoms. The Bertz CT molecular complexity index is 1110. The third-order valence-electron chi connectivity index (χ3n) is 5.19. The van der Waals surface area contributed by atoms with Crippen LogP contribution in [0.5, 0.6) is 0 Å². The number of aromatic nitrogens is 4. The third kappa shape index (κ3) is 3.45. The molecule has 2 aromatic heterocycles. The van der Waals surface area contributed by atoms with Crippen molar-refractivity contribution in [1.82, 2.24) is 19.7 Å². The highest BCUT2D eigenvalue weighted by Gasteiger charge is 2.36. The molecule has 2 aliphatic rings. The minimum atomic E-state index is -0.279. The molecule has 0 fully saturated rings. The van der Waals surface area contributed by atoms with Crippen LogP contribution in [0.4, 0.5) is 5.95 Å². The molecule has 0 amide bonds. The fourth-order valence-electron chi connectivity index (χ4n) is 3.81. The van der Waals surface area contributed by atoms with Crippen LogP contribution in [-0.4, -0.2) is 25.5 Å². The number of benzene rings is 1. The fraction of sp³-hybridized carbons (Fsp3) is 0.238. The summed E-state index contributed by atoms with van der Waals surface area (Å²) in [7, 11) is 0. The molecule has 29 heavy (non-hydrogen) atoms. The molecule has 6 nitrogen and oxygen atoms in total. The Hall–Kier alpha value is -2.64. The number of carbonyl (C=O) groups is 1. The lowest BCUT2D eigenvalue weighted by atomic mass is 9.86. The molecule has 0 saturated carbocycles. The molecule has 8 heteroatoms. The number of anilines is 1. The quantitative estimate of drug-likeness (QED) is 0.616. The monoisotopic (exact) mass is 423 g/mol. The molecule has 1 aliphatic carbocycles. The van der Waals surface area contributed by atoms with Gasteiger partial charge in [0, 0.05) is 40.9 Å². The molecule has 1 atom stereocenters. The van der Waals surface area contributed by atoms with E-state index >= 15 is 0 Å². The lowest BCUT2D eigenvalue weighted by molar-refractivity contribution is -0.116. The van der Waals surface area contributed by atoms with Crippen LogP contribution in [0.15, 0.2) is 65.2 Å². The molecule has 1 N–H and O–H groups in total. The number of hydrogen-bond acceptors (Lipinski definition) is 6. The minimum absolute atomic E-state index is 0.173. The van der Waals surface area contributed by atoms with Gasteiger partial charge in [0.25, 0.3) is 0 Å². The molecule has 3 aromatic rings. The van der Waals surface area contributed by atoms with Gasteiger partial charge in [-0.2, -0.15) is 4.98 Å². The van der Waals surface area contributed by atoms with Crippen molar-refractivity contribution < 1.29 is 4.79 Å². The predicted octanol–water partition coefficient (Wildman–Crippen LogP) is 4.64. The molecule has 0 bridgehead atoms. The minimum Gasteiger partial charge on any atom is -0.328 e. The molecule has 1 aromatic carbocycles. The van der Waals surface area contributed by atoms with Gasteiger partial charge < -0.3 is 5.32 Å². The van der Waals surface area contributed by atoms with Gasteiger partial charge in [-0.15, -0.1) is 5.10 Å². The summed E-state index contributed by atoms with van der Waals surface area (Å²) in [4.78, 5) is 21.6. The van der Waals surface area contributed by atoms with Crippen molar-refractivity contribution >= 4 is 35.1 Å². The Kier molecular flexibility index (Phi) is 4.85. The number of fused-ring (bicyclic) bond motifs is 1. The van der Waals surface area contributed by atoms with Crippen molar-refractivity contribution in [2.24, 2.45) is 0 Å². The van der Waals surface area contributed by atoms with Crippen LogP contribution < -0.4 is 5.32 Å². The van der Waals surface area contributed by atoms with Crippen LogP contribution >= 0.6 is 23.4 Å². The first-order valence-corrected chi connectivity index (χ1v) is 10.8. The smallest absolute Gasteiger partial charge is 0.227 e. The van der Waals surface area contributed by atoms with Crippen LogP contribution in [-0.2, 0) is 10.5 Å². The average molecular weight is 424 g/mol. The molecular formula is C21H18ClN5OS. The van der Waals surface area contributed by atoms with Crippen LogP contribution in [0, 0.1) is 0 Å². The number of hydrogen-bond donors (Lipinski definition) is 1. The van der Waals surface area contributed by atoms with Crippen molar-refractivity contribution in [2.45, 2.75) is 36.2 Å². The predicted molar refractivity (Wildman–Crippen MR) is 113 cm³/mol. The third-order valence-corrected chi connectivity index (χ3v) is 6.44. The van der Waals surface area contributed by atoms with Gasteiger partial charge in [0.05, 0.1) is 0 Å². The van der Waals surface area contributed by atoms with Gasteiger partial charge in [-0.1, -0.05) is 41.6 Å². The summed E-state index contributed by atoms with van der Waals surface area (Å²) in [6.07, 6.45) is 5.76. The topological polar surface area (TPSA) is 72.7 Å². The second kappa shape index (κ2) is 7.65. The maximum Gasteiger partial charge on any atom is 0.227 e. The van der Waals surface area contributed by atoms with E-state index in [2.05, 4.69) is 15.3 Å². The summed E-state index contributed by atoms with van der Waals surface area (Å²) < 4.78 is 1.83. The lowest BCUT2D eigenvalue weighted by Gasteiger charge is -2.32. The van der Waals surface area contributed by atoms with Crippen molar-refractivity contribution in [3.63, 3.8) is 0 Å². The Morgan fingerprint density at radius 1 is 1.17 bits per heavy atom. The second-order valence-corrected chi connectivity index (χ2v) is 8.37. The average Bonchev–Trinajstić information content (AvgIpc) is 3.15. The number of nitrogens with zero attached hydrogens (tertiary/aromatic N) is 4. The van der Waals surface area contributed by atoms with E-state index in [0.29, 0.717) is 23.3 Å². The largest absolute Gasteiger partial charge is 0.328 e. The van der Waals surface area contributed by atoms with E-state index in [-0.39, 0.29) is 11.8 Å². The number of thioether (sulfide) groups is 1. The first-order chi connectivity index (χ1) is 14.2. The number of carbonyl (C=O) groups excluding carboxylic acids is 1. The van der Waals surface area contributed by atoms with E-state index in [4.69, 9.17) is 16.7 Å². The maximum absolute atomic E-state index is 12.8. The van der Waals surface area contributed by atoms with Crippen molar-refractivity contribution in [3.05, 3.63) is 76.2 Å². The molecule has 5 rings (SSSR count). The summed E-state index contributed by atoms with van der Waals surface area (Å²) in [5, 5.41) is 9.47. The van der Waals surface area contributed by atoms with E-state index in [9.17, 15) is 4.79 Å². The van der Waals surface area contributed by atoms with Crippen LogP contribution in [0.2, 0.25) is 5.02 Å². The van der Waals surface area contributed by atoms with Crippen LogP contribution in [0.3, 0.4) is 0 Å². The maximum atomic E-state index is 12.8. The molecular weight excluding hydrogens is 406 g/mol. The van der Waals surface area contributed by atoms with Gasteiger partial charge in [0.2, 0.25) is 11.1 Å². The molecule has 0 saturated heterocycles. The normalized spacial score (nSPS) is 18.2. The van der Waals surface area contributed by atoms with Gasteiger partial charge in [0.1, 0.15) is 6.04 Å². The number of pyridine rings is 1. The SMILES string of the molecule is O=C1CCCC2=C1[C@@H](c1ccncc1)n1nc(SCc3ccccc3Cl)nc1N2. The summed E-state index contributed by atoms with van der Waals surface area (Å²) >= 11 is 7.80. The van der Waals surface area contributed by atoms with Gasteiger partial charge >= 0.3 is 0 Å². The van der Waals surface area contributed by atoms with Crippen molar-refractivity contribution in [1.29, 1.82) is 0 Å². The Labute approximate surface area is 177 Å². The molecule has 1 aliphatic heterocycles. The van der Waals surface area contributed by atoms with E-state index in [1.165, 1.54) is 11.8 Å². The van der Waals surface area contributed by atoms with Crippen LogP contribution in [0.25, 0.3) is 0 Å². The van der Waals surface area contributed by atoms with Gasteiger partial charge in [-0.05, 0) is 42.2 Å². The number of allylic oxidation sites excluding steroid dienone is 2. The van der Waals surface area contributed by atoms with E-state index in [1.807, 2.05) is 41.1 Å². The van der Waals surface area contributed by atoms with E-state index in [0.717, 1.165) is 40.3 Å². The Morgan fingerprint density at radius 2 is 2.00 bits per heavy atom. The number of ketones is 1. The second-order valence-electron chi connectivity index (χ2n) is 7.02.